The molecular formula is C5H6F3N. The van der Waals surface area contributed by atoms with Crippen LogP contribution in [0, 0.1) is 0 Å². The summed E-state index contributed by atoms with van der Waals surface area (Å²) in [5.74, 6) is 0. The topological polar surface area (TPSA) is 3.24 Å². The minimum Gasteiger partial charge on any atom is -0.207 e. The van der Waals surface area contributed by atoms with Gasteiger partial charge >= 0.3 is 6.30 Å². The second-order valence-corrected chi connectivity index (χ2v) is 1.84. The highest BCUT2D eigenvalue weighted by atomic mass is 19.4. The fraction of sp³-hybridized carbons (Fsp3) is 0.600. The number of nitrogens with zero attached hydrogens (tertiary/aromatic N) is 1. The summed E-state index contributed by atoms with van der Waals surface area (Å²) < 4.78 is 34.9. The van der Waals surface area contributed by atoms with Crippen LogP contribution in [0.15, 0.2) is 12.2 Å². The molecule has 0 aromatic rings. The third-order valence-corrected chi connectivity index (χ3v) is 1.18. The highest BCUT2D eigenvalue weighted by Gasteiger charge is 2.36. The van der Waals surface area contributed by atoms with Gasteiger partial charge in [-0.2, -0.15) is 13.2 Å². The summed E-state index contributed by atoms with van der Waals surface area (Å²) >= 11 is 0. The van der Waals surface area contributed by atoms with Crippen molar-refractivity contribution in [1.29, 1.82) is 0 Å². The molecule has 0 aliphatic carbocycles. The minimum absolute atomic E-state index is 0.00347. The standard InChI is InChI=1S/C5H6F3N/c6-5(7,8)9-3-1-2-4-9/h1-2H,3-4H2. The van der Waals surface area contributed by atoms with Crippen LogP contribution in [0.25, 0.3) is 0 Å². The Kier molecular flexibility index (Phi) is 1.48. The third-order valence-electron chi connectivity index (χ3n) is 1.18. The van der Waals surface area contributed by atoms with Gasteiger partial charge in [-0.25, -0.2) is 4.90 Å². The third kappa shape index (κ3) is 1.45. The van der Waals surface area contributed by atoms with Gasteiger partial charge in [0, 0.05) is 13.1 Å². The summed E-state index contributed by atoms with van der Waals surface area (Å²) in [7, 11) is 0. The lowest BCUT2D eigenvalue weighted by Gasteiger charge is -2.17. The van der Waals surface area contributed by atoms with Crippen LogP contribution in [-0.4, -0.2) is 24.3 Å². The molecule has 0 unspecified atom stereocenters. The summed E-state index contributed by atoms with van der Waals surface area (Å²) in [6.45, 7) is 0.00694. The smallest absolute Gasteiger partial charge is 0.207 e. The van der Waals surface area contributed by atoms with Gasteiger partial charge in [-0.3, -0.25) is 0 Å². The zero-order valence-electron chi connectivity index (χ0n) is 4.65. The molecule has 0 fully saturated rings. The van der Waals surface area contributed by atoms with E-state index < -0.39 is 6.30 Å². The van der Waals surface area contributed by atoms with Crippen molar-refractivity contribution in [2.75, 3.05) is 13.1 Å². The SMILES string of the molecule is FC(F)(F)N1CC=CC1. The van der Waals surface area contributed by atoms with E-state index in [1.54, 1.807) is 0 Å². The number of halogens is 3. The maximum atomic E-state index is 11.6. The van der Waals surface area contributed by atoms with E-state index in [0.29, 0.717) is 4.90 Å². The lowest BCUT2D eigenvalue weighted by Crippen LogP contribution is -2.35. The van der Waals surface area contributed by atoms with E-state index in [1.807, 2.05) is 0 Å². The predicted octanol–water partition coefficient (Wildman–Crippen LogP) is 1.38. The van der Waals surface area contributed by atoms with Gasteiger partial charge in [-0.15, -0.1) is 0 Å². The predicted molar refractivity (Wildman–Crippen MR) is 26.8 cm³/mol. The first-order valence-corrected chi connectivity index (χ1v) is 2.57. The van der Waals surface area contributed by atoms with Gasteiger partial charge in [0.1, 0.15) is 0 Å². The van der Waals surface area contributed by atoms with E-state index in [1.165, 1.54) is 12.2 Å². The Balaban J connectivity index is 2.46. The van der Waals surface area contributed by atoms with Crippen molar-refractivity contribution in [1.82, 2.24) is 4.90 Å². The molecule has 0 aromatic heterocycles. The highest BCUT2D eigenvalue weighted by Crippen LogP contribution is 2.22. The van der Waals surface area contributed by atoms with Crippen LogP contribution in [0.4, 0.5) is 13.2 Å². The van der Waals surface area contributed by atoms with Gasteiger partial charge in [0.2, 0.25) is 0 Å². The first-order valence-electron chi connectivity index (χ1n) is 2.57. The molecule has 0 bridgehead atoms. The van der Waals surface area contributed by atoms with Crippen molar-refractivity contribution >= 4 is 0 Å². The molecule has 1 aliphatic rings. The van der Waals surface area contributed by atoms with Crippen molar-refractivity contribution in [2.45, 2.75) is 6.30 Å². The van der Waals surface area contributed by atoms with Gasteiger partial charge in [0.25, 0.3) is 0 Å². The van der Waals surface area contributed by atoms with Gasteiger partial charge in [0.15, 0.2) is 0 Å². The average molecular weight is 137 g/mol. The van der Waals surface area contributed by atoms with Gasteiger partial charge in [-0.1, -0.05) is 12.2 Å². The van der Waals surface area contributed by atoms with Gasteiger partial charge in [-0.05, 0) is 0 Å². The molecule has 0 radical (unpaired) electrons. The van der Waals surface area contributed by atoms with E-state index in [4.69, 9.17) is 0 Å². The molecule has 4 heteroatoms. The molecule has 0 atom stereocenters. The molecule has 0 N–H and O–H groups in total. The van der Waals surface area contributed by atoms with E-state index >= 15 is 0 Å². The summed E-state index contributed by atoms with van der Waals surface area (Å²) in [6, 6.07) is 0. The maximum Gasteiger partial charge on any atom is 0.460 e. The number of hydrogen-bond donors (Lipinski definition) is 0. The van der Waals surface area contributed by atoms with E-state index in [0.717, 1.165) is 0 Å². The first kappa shape index (κ1) is 6.61. The monoisotopic (exact) mass is 137 g/mol. The van der Waals surface area contributed by atoms with Crippen LogP contribution in [0.1, 0.15) is 0 Å². The Labute approximate surface area is 50.8 Å². The second kappa shape index (κ2) is 2.02. The average Bonchev–Trinajstić information content (AvgIpc) is 2.08. The molecule has 0 saturated carbocycles. The molecule has 0 spiro atoms. The molecule has 1 aliphatic heterocycles. The van der Waals surface area contributed by atoms with Crippen molar-refractivity contribution < 1.29 is 13.2 Å². The largest absolute Gasteiger partial charge is 0.460 e. The van der Waals surface area contributed by atoms with Crippen LogP contribution >= 0.6 is 0 Å². The van der Waals surface area contributed by atoms with Crippen LogP contribution in [0.2, 0.25) is 0 Å². The Morgan fingerprint density at radius 2 is 1.56 bits per heavy atom. The van der Waals surface area contributed by atoms with Crippen LogP contribution < -0.4 is 0 Å². The Bertz CT molecular complexity index is 119. The van der Waals surface area contributed by atoms with Crippen LogP contribution in [-0.2, 0) is 0 Å². The van der Waals surface area contributed by atoms with Crippen molar-refractivity contribution in [3.63, 3.8) is 0 Å². The Hall–Kier alpha value is -0.510. The molecular weight excluding hydrogens is 131 g/mol. The highest BCUT2D eigenvalue weighted by molar-refractivity contribution is 4.95. The minimum atomic E-state index is -4.15. The Morgan fingerprint density at radius 1 is 1.11 bits per heavy atom. The van der Waals surface area contributed by atoms with E-state index in [-0.39, 0.29) is 13.1 Å². The van der Waals surface area contributed by atoms with Crippen LogP contribution in [0.5, 0.6) is 0 Å². The molecule has 0 aromatic carbocycles. The van der Waals surface area contributed by atoms with E-state index in [9.17, 15) is 13.2 Å². The molecule has 0 amide bonds. The van der Waals surface area contributed by atoms with E-state index in [2.05, 4.69) is 0 Å². The lowest BCUT2D eigenvalue weighted by molar-refractivity contribution is -0.236. The normalized spacial score (nSPS) is 21.2. The molecule has 52 valence electrons. The van der Waals surface area contributed by atoms with Crippen molar-refractivity contribution in [3.05, 3.63) is 12.2 Å². The van der Waals surface area contributed by atoms with Crippen molar-refractivity contribution in [3.8, 4) is 0 Å². The first-order chi connectivity index (χ1) is 4.11. The van der Waals surface area contributed by atoms with Crippen molar-refractivity contribution in [2.24, 2.45) is 0 Å². The van der Waals surface area contributed by atoms with Gasteiger partial charge < -0.3 is 0 Å². The van der Waals surface area contributed by atoms with Crippen LogP contribution in [0.3, 0.4) is 0 Å². The summed E-state index contributed by atoms with van der Waals surface area (Å²) in [5.41, 5.74) is 0. The fourth-order valence-corrected chi connectivity index (χ4v) is 0.685. The molecule has 1 heterocycles. The summed E-state index contributed by atoms with van der Waals surface area (Å²) in [5, 5.41) is 0. The van der Waals surface area contributed by atoms with Gasteiger partial charge in [0.05, 0.1) is 0 Å². The zero-order valence-corrected chi connectivity index (χ0v) is 4.65. The maximum absolute atomic E-state index is 11.6. The second-order valence-electron chi connectivity index (χ2n) is 1.84. The Morgan fingerprint density at radius 3 is 1.78 bits per heavy atom. The fourth-order valence-electron chi connectivity index (χ4n) is 0.685. The summed E-state index contributed by atoms with van der Waals surface area (Å²) in [6.07, 6.45) is -1.13. The number of alkyl halides is 3. The molecule has 1 nitrogen and oxygen atoms in total. The number of hydrogen-bond acceptors (Lipinski definition) is 1. The zero-order chi connectivity index (χ0) is 6.91. The summed E-state index contributed by atoms with van der Waals surface area (Å²) in [4.78, 5) is 0.438. The molecule has 9 heavy (non-hydrogen) atoms. The quantitative estimate of drug-likeness (QED) is 0.360. The molecule has 0 saturated heterocycles. The lowest BCUT2D eigenvalue weighted by atomic mass is 10.6. The number of rotatable bonds is 0. The molecule has 1 rings (SSSR count).